The molecule has 11 nitrogen and oxygen atoms in total. The van der Waals surface area contributed by atoms with Crippen molar-refractivity contribution in [3.05, 3.63) is 0 Å². The number of nitrogens with one attached hydrogen (secondary N) is 2. The highest BCUT2D eigenvalue weighted by molar-refractivity contribution is 5.93. The molecule has 0 bridgehead atoms. The first-order chi connectivity index (χ1) is 10.5. The van der Waals surface area contributed by atoms with Gasteiger partial charge in [0.05, 0.1) is 12.5 Å². The maximum absolute atomic E-state index is 11.8. The van der Waals surface area contributed by atoms with Crippen molar-refractivity contribution in [2.24, 2.45) is 11.5 Å². The Kier molecular flexibility index (Phi) is 8.26. The van der Waals surface area contributed by atoms with Gasteiger partial charge in [0.2, 0.25) is 17.7 Å². The van der Waals surface area contributed by atoms with Crippen molar-refractivity contribution in [3.8, 4) is 0 Å². The van der Waals surface area contributed by atoms with Crippen molar-refractivity contribution in [2.45, 2.75) is 44.3 Å². The number of carboxylic acids is 2. The van der Waals surface area contributed by atoms with Gasteiger partial charge >= 0.3 is 11.9 Å². The lowest BCUT2D eigenvalue weighted by Gasteiger charge is -2.19. The van der Waals surface area contributed by atoms with Gasteiger partial charge in [-0.05, 0) is 13.3 Å². The molecule has 0 rings (SSSR count). The Hall–Kier alpha value is -2.69. The first kappa shape index (κ1) is 20.3. The molecule has 0 aliphatic heterocycles. The summed E-state index contributed by atoms with van der Waals surface area (Å²) in [7, 11) is 0. The summed E-state index contributed by atoms with van der Waals surface area (Å²) in [6.45, 7) is 1.28. The minimum atomic E-state index is -1.41. The second kappa shape index (κ2) is 9.35. The summed E-state index contributed by atoms with van der Waals surface area (Å²) in [5.74, 6) is -5.02. The fourth-order valence-electron chi connectivity index (χ4n) is 1.52. The number of carbonyl (C=O) groups is 5. The van der Waals surface area contributed by atoms with E-state index in [-0.39, 0.29) is 6.42 Å². The van der Waals surface area contributed by atoms with Gasteiger partial charge in [0.1, 0.15) is 12.1 Å². The van der Waals surface area contributed by atoms with Crippen molar-refractivity contribution in [1.82, 2.24) is 10.6 Å². The second-order valence-corrected chi connectivity index (χ2v) is 4.84. The van der Waals surface area contributed by atoms with E-state index in [4.69, 9.17) is 21.7 Å². The summed E-state index contributed by atoms with van der Waals surface area (Å²) >= 11 is 0. The lowest BCUT2D eigenvalue weighted by molar-refractivity contribution is -0.143. The summed E-state index contributed by atoms with van der Waals surface area (Å²) < 4.78 is 0. The number of primary amides is 1. The summed E-state index contributed by atoms with van der Waals surface area (Å²) in [6, 6.07) is -3.77. The Labute approximate surface area is 131 Å². The molecule has 0 aromatic heterocycles. The van der Waals surface area contributed by atoms with E-state index in [1.807, 2.05) is 0 Å². The molecule has 3 unspecified atom stereocenters. The number of carboxylic acid groups (broad SMARTS) is 2. The molecule has 0 aliphatic carbocycles. The van der Waals surface area contributed by atoms with Crippen molar-refractivity contribution >= 4 is 29.7 Å². The lowest BCUT2D eigenvalue weighted by atomic mass is 10.1. The standard InChI is InChI=1S/C12H20N4O7/c1-5(15-11(21)6(13)4-8(14)17)10(20)16-7(12(22)23)2-3-9(18)19/h5-7H,2-4,13H2,1H3,(H2,14,17)(H,15,21)(H,16,20)(H,18,19)(H,22,23). The van der Waals surface area contributed by atoms with Crippen LogP contribution in [0.5, 0.6) is 0 Å². The van der Waals surface area contributed by atoms with Crippen LogP contribution in [-0.4, -0.2) is 58.0 Å². The van der Waals surface area contributed by atoms with Crippen molar-refractivity contribution < 1.29 is 34.2 Å². The molecule has 0 saturated carbocycles. The minimum Gasteiger partial charge on any atom is -0.481 e. The van der Waals surface area contributed by atoms with Gasteiger partial charge in [-0.2, -0.15) is 0 Å². The maximum Gasteiger partial charge on any atom is 0.326 e. The van der Waals surface area contributed by atoms with Crippen LogP contribution in [0.15, 0.2) is 0 Å². The Balaban J connectivity index is 4.56. The van der Waals surface area contributed by atoms with E-state index in [1.54, 1.807) is 0 Å². The van der Waals surface area contributed by atoms with E-state index < -0.39 is 60.6 Å². The third-order valence-corrected chi connectivity index (χ3v) is 2.77. The number of aliphatic carboxylic acids is 2. The molecule has 3 atom stereocenters. The molecule has 0 aromatic carbocycles. The van der Waals surface area contributed by atoms with Gasteiger partial charge in [-0.15, -0.1) is 0 Å². The van der Waals surface area contributed by atoms with Crippen molar-refractivity contribution in [1.29, 1.82) is 0 Å². The average Bonchev–Trinajstić information content (AvgIpc) is 2.41. The number of hydrogen-bond acceptors (Lipinski definition) is 6. The highest BCUT2D eigenvalue weighted by atomic mass is 16.4. The number of nitrogens with two attached hydrogens (primary N) is 2. The Bertz CT molecular complexity index is 494. The number of hydrogen-bond donors (Lipinski definition) is 6. The second-order valence-electron chi connectivity index (χ2n) is 4.84. The normalized spacial score (nSPS) is 14.2. The van der Waals surface area contributed by atoms with Crippen LogP contribution in [0.4, 0.5) is 0 Å². The van der Waals surface area contributed by atoms with E-state index in [0.29, 0.717) is 0 Å². The predicted octanol–water partition coefficient (Wildman–Crippen LogP) is -2.87. The molecule has 0 spiro atoms. The van der Waals surface area contributed by atoms with Gasteiger partial charge in [-0.1, -0.05) is 0 Å². The Morgan fingerprint density at radius 1 is 1.04 bits per heavy atom. The molecule has 0 aromatic rings. The number of rotatable bonds is 10. The Morgan fingerprint density at radius 2 is 1.61 bits per heavy atom. The summed E-state index contributed by atoms with van der Waals surface area (Å²) in [5.41, 5.74) is 10.3. The van der Waals surface area contributed by atoms with Crippen LogP contribution < -0.4 is 22.1 Å². The molecule has 8 N–H and O–H groups in total. The zero-order valence-corrected chi connectivity index (χ0v) is 12.4. The largest absolute Gasteiger partial charge is 0.481 e. The highest BCUT2D eigenvalue weighted by Crippen LogP contribution is 1.99. The smallest absolute Gasteiger partial charge is 0.326 e. The topological polar surface area (TPSA) is 202 Å². The SMILES string of the molecule is CC(NC(=O)C(N)CC(N)=O)C(=O)NC(CCC(=O)O)C(=O)O. The van der Waals surface area contributed by atoms with Gasteiger partial charge in [0.25, 0.3) is 0 Å². The fourth-order valence-corrected chi connectivity index (χ4v) is 1.52. The molecule has 23 heavy (non-hydrogen) atoms. The zero-order chi connectivity index (χ0) is 18.2. The van der Waals surface area contributed by atoms with Crippen LogP contribution in [0, 0.1) is 0 Å². The summed E-state index contributed by atoms with van der Waals surface area (Å²) in [6.07, 6.45) is -1.16. The highest BCUT2D eigenvalue weighted by Gasteiger charge is 2.26. The zero-order valence-electron chi connectivity index (χ0n) is 12.4. The molecule has 11 heteroatoms. The van der Waals surface area contributed by atoms with E-state index >= 15 is 0 Å². The van der Waals surface area contributed by atoms with Gasteiger partial charge in [0, 0.05) is 6.42 Å². The first-order valence-electron chi connectivity index (χ1n) is 6.63. The monoisotopic (exact) mass is 332 g/mol. The molecule has 0 aliphatic rings. The third kappa shape index (κ3) is 8.36. The third-order valence-electron chi connectivity index (χ3n) is 2.77. The first-order valence-corrected chi connectivity index (χ1v) is 6.63. The van der Waals surface area contributed by atoms with Crippen LogP contribution in [0.1, 0.15) is 26.2 Å². The van der Waals surface area contributed by atoms with Crippen LogP contribution >= 0.6 is 0 Å². The molecule has 0 heterocycles. The van der Waals surface area contributed by atoms with E-state index in [2.05, 4.69) is 10.6 Å². The molecule has 0 radical (unpaired) electrons. The predicted molar refractivity (Wildman–Crippen MR) is 75.8 cm³/mol. The lowest BCUT2D eigenvalue weighted by Crippen LogP contribution is -2.53. The van der Waals surface area contributed by atoms with Crippen LogP contribution in [-0.2, 0) is 24.0 Å². The molecular weight excluding hydrogens is 312 g/mol. The fraction of sp³-hybridized carbons (Fsp3) is 0.583. The average molecular weight is 332 g/mol. The molecule has 130 valence electrons. The summed E-state index contributed by atoms with van der Waals surface area (Å²) in [5, 5.41) is 21.8. The van der Waals surface area contributed by atoms with Gasteiger partial charge in [0.15, 0.2) is 0 Å². The minimum absolute atomic E-state index is 0.307. The van der Waals surface area contributed by atoms with Crippen molar-refractivity contribution in [3.63, 3.8) is 0 Å². The molecule has 0 saturated heterocycles. The van der Waals surface area contributed by atoms with Crippen LogP contribution in [0.25, 0.3) is 0 Å². The van der Waals surface area contributed by atoms with E-state index in [0.717, 1.165) is 0 Å². The maximum atomic E-state index is 11.8. The summed E-state index contributed by atoms with van der Waals surface area (Å²) in [4.78, 5) is 55.5. The van der Waals surface area contributed by atoms with Crippen LogP contribution in [0.2, 0.25) is 0 Å². The number of amides is 3. The van der Waals surface area contributed by atoms with Gasteiger partial charge < -0.3 is 32.3 Å². The van der Waals surface area contributed by atoms with Crippen molar-refractivity contribution in [2.75, 3.05) is 0 Å². The Morgan fingerprint density at radius 3 is 2.04 bits per heavy atom. The number of carbonyl (C=O) groups excluding carboxylic acids is 3. The van der Waals surface area contributed by atoms with Crippen LogP contribution in [0.3, 0.4) is 0 Å². The van der Waals surface area contributed by atoms with Gasteiger partial charge in [-0.25, -0.2) is 4.79 Å². The molecule has 0 fully saturated rings. The van der Waals surface area contributed by atoms with E-state index in [9.17, 15) is 24.0 Å². The van der Waals surface area contributed by atoms with Gasteiger partial charge in [-0.3, -0.25) is 19.2 Å². The quantitative estimate of drug-likeness (QED) is 0.245. The molecular formula is C12H20N4O7. The molecule has 3 amide bonds. The van der Waals surface area contributed by atoms with E-state index in [1.165, 1.54) is 6.92 Å².